The normalized spacial score (nSPS) is 14.9. The van der Waals surface area contributed by atoms with Crippen molar-refractivity contribution in [1.29, 1.82) is 0 Å². The first-order valence-electron chi connectivity index (χ1n) is 32.5. The second kappa shape index (κ2) is 19.8. The molecule has 13 heteroatoms. The zero-order valence-corrected chi connectivity index (χ0v) is 59.1. The van der Waals surface area contributed by atoms with Gasteiger partial charge in [0.05, 0.1) is 22.7 Å². The zero-order valence-electron chi connectivity index (χ0n) is 55.8. The Morgan fingerprint density at radius 1 is 0.359 bits per heavy atom. The molecular weight excluding hydrogens is 1200 g/mol. The fourth-order valence-electron chi connectivity index (χ4n) is 15.9. The minimum absolute atomic E-state index is 0.00542. The highest BCUT2D eigenvalue weighted by atomic mass is 32.2. The summed E-state index contributed by atoms with van der Waals surface area (Å²) < 4.78 is 24.9. The molecule has 0 bridgehead atoms. The van der Waals surface area contributed by atoms with E-state index >= 15 is 0 Å². The Bertz CT molecular complexity index is 5040. The standard InChI is InChI=1S/C79H75B3N4O2S4/c1-42-30-60-69-61(31-42)84(50-26-20-46(21-27-50)77(7,8)9)72-51-36-47(78(10,11)12)22-28-67(51)91-74(72)81(69)53-38-54-58(40-57(53)83(60)49-24-18-45(19-25-49)76(4,5)6)85(89-16)62-32-43(2)34-65-70(62)80(54)56-39-55-59(41-64(56)87-65)86(90-17)63-33-44(3)35-66-71(63)82(55)75-73(88-66)52-37-48(79(13,14)15)23-29-68(52)92-75/h18-41H,1-17H3. The molecule has 6 nitrogen and oxygen atoms in total. The summed E-state index contributed by atoms with van der Waals surface area (Å²) in [6.07, 6.45) is 4.45. The molecule has 0 unspecified atom stereocenters. The van der Waals surface area contributed by atoms with Crippen molar-refractivity contribution in [1.82, 2.24) is 0 Å². The van der Waals surface area contributed by atoms with Crippen LogP contribution in [0.5, 0.6) is 23.0 Å². The summed E-state index contributed by atoms with van der Waals surface area (Å²) >= 11 is 7.42. The first kappa shape index (κ1) is 58.4. The predicted molar refractivity (Wildman–Crippen MR) is 407 cm³/mol. The summed E-state index contributed by atoms with van der Waals surface area (Å²) in [5.41, 5.74) is 29.6. The third-order valence-electron chi connectivity index (χ3n) is 20.5. The molecule has 17 rings (SSSR count). The van der Waals surface area contributed by atoms with Crippen LogP contribution in [-0.2, 0) is 21.7 Å². The van der Waals surface area contributed by atoms with Crippen molar-refractivity contribution in [2.75, 3.05) is 30.9 Å². The van der Waals surface area contributed by atoms with E-state index in [0.29, 0.717) is 0 Å². The zero-order chi connectivity index (χ0) is 63.9. The maximum atomic E-state index is 7.49. The van der Waals surface area contributed by atoms with Gasteiger partial charge in [-0.2, -0.15) is 0 Å². The Morgan fingerprint density at radius 2 is 0.793 bits per heavy atom. The number of thiophene rings is 2. The first-order valence-corrected chi connectivity index (χ1v) is 36.5. The van der Waals surface area contributed by atoms with E-state index in [0.717, 1.165) is 34.4 Å². The summed E-state index contributed by atoms with van der Waals surface area (Å²) in [5.74, 6) is 3.77. The fourth-order valence-corrected chi connectivity index (χ4v) is 19.8. The molecule has 6 aliphatic rings. The molecule has 8 heterocycles. The molecule has 0 saturated carbocycles. The summed E-state index contributed by atoms with van der Waals surface area (Å²) in [6.45, 7) is 34.3. The first-order chi connectivity index (χ1) is 43.7. The van der Waals surface area contributed by atoms with Gasteiger partial charge in [-0.3, -0.25) is 8.61 Å². The van der Waals surface area contributed by atoms with Gasteiger partial charge in [-0.1, -0.05) is 132 Å². The van der Waals surface area contributed by atoms with Crippen molar-refractivity contribution in [2.45, 2.75) is 126 Å². The topological polar surface area (TPSA) is 31.4 Å². The predicted octanol–water partition coefficient (Wildman–Crippen LogP) is 17.0. The van der Waals surface area contributed by atoms with Gasteiger partial charge in [0.1, 0.15) is 23.0 Å². The van der Waals surface area contributed by atoms with Gasteiger partial charge in [0.15, 0.2) is 0 Å². The fraction of sp³-hybridized carbons (Fsp3) is 0.266. The number of rotatable bonds is 4. The third kappa shape index (κ3) is 8.48. The van der Waals surface area contributed by atoms with Crippen LogP contribution in [0.4, 0.5) is 56.9 Å². The molecule has 0 spiro atoms. The molecule has 0 radical (unpaired) electrons. The molecular formula is C79H75B3N4O2S4. The van der Waals surface area contributed by atoms with Crippen molar-refractivity contribution in [2.24, 2.45) is 0 Å². The van der Waals surface area contributed by atoms with Crippen LogP contribution in [0.15, 0.2) is 146 Å². The van der Waals surface area contributed by atoms with Gasteiger partial charge >= 0.3 is 0 Å². The van der Waals surface area contributed by atoms with Gasteiger partial charge in [-0.15, -0.1) is 22.7 Å². The van der Waals surface area contributed by atoms with Crippen LogP contribution in [0.25, 0.3) is 20.2 Å². The van der Waals surface area contributed by atoms with Crippen LogP contribution in [0.1, 0.15) is 122 Å². The molecule has 0 atom stereocenters. The van der Waals surface area contributed by atoms with E-state index in [9.17, 15) is 0 Å². The second-order valence-electron chi connectivity index (χ2n) is 30.8. The maximum Gasteiger partial charge on any atom is 0.268 e. The van der Waals surface area contributed by atoms with Crippen LogP contribution in [-0.4, -0.2) is 32.6 Å². The minimum atomic E-state index is -0.160. The third-order valence-corrected chi connectivity index (χ3v) is 24.4. The van der Waals surface area contributed by atoms with Gasteiger partial charge in [-0.25, -0.2) is 0 Å². The van der Waals surface area contributed by atoms with Crippen molar-refractivity contribution in [3.05, 3.63) is 185 Å². The molecule has 0 saturated heterocycles. The van der Waals surface area contributed by atoms with Gasteiger partial charge < -0.3 is 19.3 Å². The van der Waals surface area contributed by atoms with Crippen molar-refractivity contribution in [3.63, 3.8) is 0 Å². The van der Waals surface area contributed by atoms with E-state index in [2.05, 4.69) is 280 Å². The number of ether oxygens (including phenoxy) is 2. The number of anilines is 10. The van der Waals surface area contributed by atoms with Crippen LogP contribution < -0.4 is 75.7 Å². The lowest BCUT2D eigenvalue weighted by molar-refractivity contribution is 0.487. The lowest BCUT2D eigenvalue weighted by Gasteiger charge is -2.45. The van der Waals surface area contributed by atoms with E-state index in [1.54, 1.807) is 23.9 Å². The molecule has 9 aromatic carbocycles. The molecule has 0 aliphatic carbocycles. The highest BCUT2D eigenvalue weighted by Gasteiger charge is 2.51. The van der Waals surface area contributed by atoms with Gasteiger partial charge in [0.2, 0.25) is 0 Å². The average molecular weight is 1270 g/mol. The molecule has 11 aromatic rings. The van der Waals surface area contributed by atoms with E-state index in [4.69, 9.17) is 9.47 Å². The summed E-state index contributed by atoms with van der Waals surface area (Å²) in [6, 6.07) is 57.8. The molecule has 0 N–H and O–H groups in total. The van der Waals surface area contributed by atoms with Gasteiger partial charge in [0, 0.05) is 82.4 Å². The van der Waals surface area contributed by atoms with Gasteiger partial charge in [-0.05, 0) is 235 Å². The van der Waals surface area contributed by atoms with E-state index in [1.165, 1.54) is 152 Å². The largest absolute Gasteiger partial charge is 0.458 e. The minimum Gasteiger partial charge on any atom is -0.458 e. The number of hydrogen-bond donors (Lipinski definition) is 0. The Morgan fingerprint density at radius 3 is 1.37 bits per heavy atom. The number of aryl methyl sites for hydroxylation is 3. The van der Waals surface area contributed by atoms with E-state index in [-0.39, 0.29) is 41.8 Å². The Hall–Kier alpha value is -7.41. The highest BCUT2D eigenvalue weighted by molar-refractivity contribution is 8.00. The molecule has 6 aliphatic heterocycles. The Balaban J connectivity index is 0.950. The van der Waals surface area contributed by atoms with Crippen molar-refractivity contribution >= 4 is 192 Å². The van der Waals surface area contributed by atoms with Gasteiger partial charge in [0.25, 0.3) is 20.1 Å². The average Bonchev–Trinajstić information content (AvgIpc) is 1.11. The monoisotopic (exact) mass is 1270 g/mol. The SMILES string of the molecule is CSN1c2cc3c(cc2B2c4cc5c(cc4Oc4cc(C)cc1c42)N(SC)c1cc(C)cc2c1B5c1sc4ccc(C(C)(C)C)cc4c1O2)B1c2sc4ccc(C(C)(C)C)cc4c2N(c2ccc(C(C)(C)C)cc2)c2cc(C)cc(c21)N3c1ccc(C(C)(C)C)cc1. The van der Waals surface area contributed by atoms with Crippen LogP contribution >= 0.6 is 46.6 Å². The van der Waals surface area contributed by atoms with E-state index in [1.807, 2.05) is 22.7 Å². The second-order valence-corrected chi connectivity index (χ2v) is 34.4. The molecule has 456 valence electrons. The summed E-state index contributed by atoms with van der Waals surface area (Å²) in [7, 11) is 0. The molecule has 0 fully saturated rings. The van der Waals surface area contributed by atoms with Crippen LogP contribution in [0.3, 0.4) is 0 Å². The number of fused-ring (bicyclic) bond motifs is 16. The summed E-state index contributed by atoms with van der Waals surface area (Å²) in [5, 5.41) is 2.50. The van der Waals surface area contributed by atoms with Crippen molar-refractivity contribution in [3.8, 4) is 23.0 Å². The number of hydrogen-bond acceptors (Lipinski definition) is 10. The van der Waals surface area contributed by atoms with Crippen LogP contribution in [0.2, 0.25) is 0 Å². The lowest BCUT2D eigenvalue weighted by Crippen LogP contribution is -2.65. The van der Waals surface area contributed by atoms with E-state index < -0.39 is 0 Å². The number of benzene rings is 9. The lowest BCUT2D eigenvalue weighted by atomic mass is 9.30. The highest BCUT2D eigenvalue weighted by Crippen LogP contribution is 2.52. The molecule has 2 aromatic heterocycles. The Kier molecular flexibility index (Phi) is 12.6. The molecule has 0 amide bonds. The summed E-state index contributed by atoms with van der Waals surface area (Å²) in [4.78, 5) is 5.26. The quantitative estimate of drug-likeness (QED) is 0.127. The Labute approximate surface area is 560 Å². The maximum absolute atomic E-state index is 7.49. The van der Waals surface area contributed by atoms with Crippen LogP contribution in [0, 0.1) is 20.8 Å². The van der Waals surface area contributed by atoms with Crippen molar-refractivity contribution < 1.29 is 9.47 Å². The number of nitrogens with zero attached hydrogens (tertiary/aromatic N) is 4. The smallest absolute Gasteiger partial charge is 0.268 e. The molecule has 92 heavy (non-hydrogen) atoms.